The van der Waals surface area contributed by atoms with E-state index >= 15 is 0 Å². The zero-order valence-corrected chi connectivity index (χ0v) is 16.4. The third-order valence-corrected chi connectivity index (χ3v) is 5.06. The third kappa shape index (κ3) is 4.66. The Labute approximate surface area is 171 Å². The number of halogens is 6. The smallest absolute Gasteiger partial charge is 0.425 e. The van der Waals surface area contributed by atoms with E-state index in [4.69, 9.17) is 4.74 Å². The number of hydrogen-bond donors (Lipinski definition) is 0. The molecule has 1 heterocycles. The first-order valence-electron chi connectivity index (χ1n) is 8.56. The number of nitrogens with zero attached hydrogens (tertiary/aromatic N) is 1. The van der Waals surface area contributed by atoms with Gasteiger partial charge in [0.2, 0.25) is 0 Å². The molecule has 0 radical (unpaired) electrons. The number of ether oxygens (including phenoxy) is 1. The molecule has 1 aliphatic rings. The number of hydrogen-bond acceptors (Lipinski definition) is 3. The first-order valence-corrected chi connectivity index (χ1v) is 9.36. The van der Waals surface area contributed by atoms with Crippen LogP contribution in [-0.2, 0) is 10.3 Å². The summed E-state index contributed by atoms with van der Waals surface area (Å²) in [5, 5.41) is 0. The molecule has 0 amide bonds. The number of Topliss-reactive ketones (excluding diaryl/α,β-unsaturated/α-hetero) is 1. The largest absolute Gasteiger partial charge is 0.468 e. The minimum atomic E-state index is -4.85. The van der Waals surface area contributed by atoms with E-state index in [9.17, 15) is 26.7 Å². The van der Waals surface area contributed by atoms with Crippen LogP contribution < -0.4 is 0 Å². The molecule has 154 valence electrons. The quantitative estimate of drug-likeness (QED) is 0.406. The second-order valence-corrected chi connectivity index (χ2v) is 7.53. The van der Waals surface area contributed by atoms with Gasteiger partial charge in [0.05, 0.1) is 6.42 Å². The van der Waals surface area contributed by atoms with Crippen molar-refractivity contribution in [1.82, 2.24) is 0 Å². The summed E-state index contributed by atoms with van der Waals surface area (Å²) in [6.07, 6.45) is -8.82. The molecule has 0 aromatic heterocycles. The minimum Gasteiger partial charge on any atom is -0.468 e. The number of alkyl halides is 4. The summed E-state index contributed by atoms with van der Waals surface area (Å²) in [6, 6.07) is 11.4. The lowest BCUT2D eigenvalue weighted by molar-refractivity contribution is -0.209. The van der Waals surface area contributed by atoms with Crippen molar-refractivity contribution >= 4 is 27.6 Å². The fourth-order valence-electron chi connectivity index (χ4n) is 3.13. The Morgan fingerprint density at radius 2 is 1.90 bits per heavy atom. The van der Waals surface area contributed by atoms with Crippen molar-refractivity contribution in [2.75, 3.05) is 6.67 Å². The normalized spacial score (nSPS) is 22.0. The van der Waals surface area contributed by atoms with Crippen LogP contribution in [0, 0.1) is 5.82 Å². The van der Waals surface area contributed by atoms with Crippen molar-refractivity contribution in [1.29, 1.82) is 0 Å². The molecule has 3 nitrogen and oxygen atoms in total. The molecule has 0 N–H and O–H groups in total. The minimum absolute atomic E-state index is 0.243. The van der Waals surface area contributed by atoms with Gasteiger partial charge in [0.15, 0.2) is 17.8 Å². The van der Waals surface area contributed by atoms with Gasteiger partial charge in [0, 0.05) is 22.0 Å². The van der Waals surface area contributed by atoms with Gasteiger partial charge in [-0.3, -0.25) is 4.79 Å². The summed E-state index contributed by atoms with van der Waals surface area (Å²) < 4.78 is 74.2. The average Bonchev–Trinajstić information content (AvgIpc) is 2.69. The van der Waals surface area contributed by atoms with Crippen molar-refractivity contribution in [3.8, 4) is 0 Å². The second kappa shape index (κ2) is 8.22. The van der Waals surface area contributed by atoms with Crippen molar-refractivity contribution in [2.45, 2.75) is 30.7 Å². The molecule has 0 fully saturated rings. The van der Waals surface area contributed by atoms with E-state index < -0.39 is 54.8 Å². The third-order valence-electron chi connectivity index (χ3n) is 4.56. The van der Waals surface area contributed by atoms with Gasteiger partial charge in [-0.2, -0.15) is 13.2 Å². The molecule has 3 rings (SSSR count). The van der Waals surface area contributed by atoms with Gasteiger partial charge in [0.1, 0.15) is 18.0 Å². The second-order valence-electron chi connectivity index (χ2n) is 6.61. The van der Waals surface area contributed by atoms with Crippen molar-refractivity contribution in [3.05, 3.63) is 69.9 Å². The molecule has 0 spiro atoms. The fourth-order valence-corrected chi connectivity index (χ4v) is 3.49. The van der Waals surface area contributed by atoms with E-state index in [-0.39, 0.29) is 11.1 Å². The van der Waals surface area contributed by atoms with Crippen LogP contribution in [0.2, 0.25) is 0 Å². The molecule has 2 aromatic rings. The predicted octanol–water partition coefficient (Wildman–Crippen LogP) is 5.78. The molecule has 0 unspecified atom stereocenters. The Kier molecular flexibility index (Phi) is 6.07. The highest BCUT2D eigenvalue weighted by molar-refractivity contribution is 9.10. The number of carbonyl (C=O) groups is 1. The first-order chi connectivity index (χ1) is 13.6. The number of aliphatic imine (C=N–C) groups is 1. The van der Waals surface area contributed by atoms with E-state index in [1.165, 1.54) is 24.3 Å². The highest BCUT2D eigenvalue weighted by Crippen LogP contribution is 2.43. The molecule has 1 aliphatic heterocycles. The van der Waals surface area contributed by atoms with Crippen LogP contribution in [0.5, 0.6) is 0 Å². The number of benzene rings is 2. The van der Waals surface area contributed by atoms with E-state index in [1.807, 2.05) is 0 Å². The Balaban J connectivity index is 2.05. The number of rotatable bonds is 5. The van der Waals surface area contributed by atoms with Crippen molar-refractivity contribution in [2.24, 2.45) is 4.99 Å². The summed E-state index contributed by atoms with van der Waals surface area (Å²) in [5.74, 6) is -2.02. The number of ketones is 1. The van der Waals surface area contributed by atoms with Crippen LogP contribution in [0.3, 0.4) is 0 Å². The maximum atomic E-state index is 14.4. The topological polar surface area (TPSA) is 38.7 Å². The first kappa shape index (κ1) is 21.4. The van der Waals surface area contributed by atoms with Gasteiger partial charge in [-0.05, 0) is 18.2 Å². The molecule has 0 bridgehead atoms. The molecular formula is C20H15BrF5NO2. The monoisotopic (exact) mass is 475 g/mol. The van der Waals surface area contributed by atoms with Crippen LogP contribution in [0.4, 0.5) is 22.0 Å². The summed E-state index contributed by atoms with van der Waals surface area (Å²) >= 11 is 3.11. The Hall–Kier alpha value is -2.29. The Bertz CT molecular complexity index is 932. The molecular weight excluding hydrogens is 461 g/mol. The molecule has 0 aliphatic carbocycles. The lowest BCUT2D eigenvalue weighted by Crippen LogP contribution is -2.46. The zero-order valence-electron chi connectivity index (χ0n) is 14.8. The number of carbonyl (C=O) groups excluding carboxylic acids is 1. The highest BCUT2D eigenvalue weighted by atomic mass is 79.9. The lowest BCUT2D eigenvalue weighted by Gasteiger charge is -2.37. The zero-order chi connectivity index (χ0) is 21.2. The highest BCUT2D eigenvalue weighted by Gasteiger charge is 2.52. The summed E-state index contributed by atoms with van der Waals surface area (Å²) in [7, 11) is 0. The summed E-state index contributed by atoms with van der Waals surface area (Å²) in [5.41, 5.74) is -2.25. The van der Waals surface area contributed by atoms with Crippen LogP contribution in [-0.4, -0.2) is 30.6 Å². The van der Waals surface area contributed by atoms with Gasteiger partial charge in [-0.25, -0.2) is 13.8 Å². The molecule has 2 atom stereocenters. The standard InChI is InChI=1S/C20H15BrF5NO2/c21-13-6-7-15(23)14(8-13)19(11-22)10-17(20(24,25)26)29-18(27-19)9-16(28)12-4-2-1-3-5-12/h1-8,17H,9-11H2/t17-,19+/m0/s1. The van der Waals surface area contributed by atoms with Gasteiger partial charge >= 0.3 is 6.18 Å². The van der Waals surface area contributed by atoms with Crippen LogP contribution >= 0.6 is 15.9 Å². The Morgan fingerprint density at radius 3 is 2.52 bits per heavy atom. The lowest BCUT2D eigenvalue weighted by atomic mass is 9.84. The van der Waals surface area contributed by atoms with Crippen molar-refractivity contribution < 1.29 is 31.5 Å². The molecule has 0 saturated heterocycles. The summed E-state index contributed by atoms with van der Waals surface area (Å²) in [6.45, 7) is -1.39. The maximum absolute atomic E-state index is 14.4. The van der Waals surface area contributed by atoms with E-state index in [1.54, 1.807) is 18.2 Å². The van der Waals surface area contributed by atoms with Gasteiger partial charge < -0.3 is 4.74 Å². The van der Waals surface area contributed by atoms with Gasteiger partial charge in [0.25, 0.3) is 0 Å². The van der Waals surface area contributed by atoms with E-state index in [0.717, 1.165) is 6.07 Å². The molecule has 0 saturated carbocycles. The molecule has 29 heavy (non-hydrogen) atoms. The summed E-state index contributed by atoms with van der Waals surface area (Å²) in [4.78, 5) is 16.4. The van der Waals surface area contributed by atoms with Crippen LogP contribution in [0.1, 0.15) is 28.8 Å². The SMILES string of the molecule is O=C(CC1=N[C@](CF)(c2cc(Br)ccc2F)C[C@@H](C(F)(F)F)O1)c1ccccc1. The van der Waals surface area contributed by atoms with Crippen LogP contribution in [0.25, 0.3) is 0 Å². The predicted molar refractivity (Wildman–Crippen MR) is 100 cm³/mol. The average molecular weight is 476 g/mol. The van der Waals surface area contributed by atoms with Gasteiger partial charge in [-0.1, -0.05) is 46.3 Å². The van der Waals surface area contributed by atoms with E-state index in [2.05, 4.69) is 20.9 Å². The molecule has 2 aromatic carbocycles. The van der Waals surface area contributed by atoms with Gasteiger partial charge in [-0.15, -0.1) is 0 Å². The van der Waals surface area contributed by atoms with Crippen LogP contribution in [0.15, 0.2) is 58.0 Å². The Morgan fingerprint density at radius 1 is 1.21 bits per heavy atom. The fraction of sp³-hybridized carbons (Fsp3) is 0.300. The van der Waals surface area contributed by atoms with E-state index in [0.29, 0.717) is 4.47 Å². The maximum Gasteiger partial charge on any atom is 0.425 e. The van der Waals surface area contributed by atoms with Crippen molar-refractivity contribution in [3.63, 3.8) is 0 Å². The molecule has 9 heteroatoms.